The number of hydrogen-bond acceptors (Lipinski definition) is 2. The minimum absolute atomic E-state index is 0.103. The molecule has 1 aromatic carbocycles. The second-order valence-electron chi connectivity index (χ2n) is 5.67. The molecule has 0 bridgehead atoms. The van der Waals surface area contributed by atoms with Gasteiger partial charge in [-0.05, 0) is 38.8 Å². The van der Waals surface area contributed by atoms with E-state index in [1.165, 1.54) is 18.2 Å². The number of hydrogen-bond donors (Lipinski definition) is 2. The molecule has 5 heteroatoms. The fourth-order valence-corrected chi connectivity index (χ4v) is 2.23. The lowest BCUT2D eigenvalue weighted by molar-refractivity contribution is -0.125. The van der Waals surface area contributed by atoms with Gasteiger partial charge in [-0.25, -0.2) is 8.78 Å². The van der Waals surface area contributed by atoms with E-state index in [1.807, 2.05) is 6.92 Å². The van der Waals surface area contributed by atoms with Crippen molar-refractivity contribution in [3.8, 4) is 0 Å². The summed E-state index contributed by atoms with van der Waals surface area (Å²) in [4.78, 5) is 12.0. The van der Waals surface area contributed by atoms with Gasteiger partial charge in [-0.3, -0.25) is 4.79 Å². The molecule has 0 heterocycles. The van der Waals surface area contributed by atoms with Crippen LogP contribution in [-0.2, 0) is 4.79 Å². The van der Waals surface area contributed by atoms with Gasteiger partial charge in [-0.2, -0.15) is 0 Å². The maximum absolute atomic E-state index is 13.6. The molecule has 0 spiro atoms. The van der Waals surface area contributed by atoms with Crippen LogP contribution < -0.4 is 11.1 Å². The quantitative estimate of drug-likeness (QED) is 0.811. The molecule has 3 atom stereocenters. The van der Waals surface area contributed by atoms with E-state index >= 15 is 0 Å². The average molecular weight is 298 g/mol. The Morgan fingerprint density at radius 3 is 2.29 bits per heavy atom. The Balaban J connectivity index is 2.57. The van der Waals surface area contributed by atoms with Gasteiger partial charge >= 0.3 is 0 Å². The normalized spacial score (nSPS) is 15.3. The van der Waals surface area contributed by atoms with E-state index in [4.69, 9.17) is 5.73 Å². The highest BCUT2D eigenvalue weighted by atomic mass is 19.1. The smallest absolute Gasteiger partial charge is 0.223 e. The van der Waals surface area contributed by atoms with Gasteiger partial charge in [0.05, 0.1) is 6.04 Å². The third-order valence-corrected chi connectivity index (χ3v) is 3.54. The molecule has 0 fully saturated rings. The van der Waals surface area contributed by atoms with E-state index in [1.54, 1.807) is 13.8 Å². The van der Waals surface area contributed by atoms with Crippen molar-refractivity contribution in [3.63, 3.8) is 0 Å². The summed E-state index contributed by atoms with van der Waals surface area (Å²) in [7, 11) is 0. The first-order valence-electron chi connectivity index (χ1n) is 7.32. The number of nitrogens with two attached hydrogens (primary N) is 1. The zero-order valence-electron chi connectivity index (χ0n) is 12.8. The molecular formula is C16H24F2N2O. The lowest BCUT2D eigenvalue weighted by Crippen LogP contribution is -2.32. The Hall–Kier alpha value is -1.49. The predicted octanol–water partition coefficient (Wildman–Crippen LogP) is 3.30. The Bertz CT molecular complexity index is 457. The molecule has 0 aliphatic heterocycles. The van der Waals surface area contributed by atoms with Crippen molar-refractivity contribution >= 4 is 5.91 Å². The van der Waals surface area contributed by atoms with Crippen LogP contribution in [0.1, 0.15) is 51.6 Å². The van der Waals surface area contributed by atoms with E-state index in [9.17, 15) is 13.6 Å². The maximum Gasteiger partial charge on any atom is 0.223 e. The van der Waals surface area contributed by atoms with Gasteiger partial charge < -0.3 is 11.1 Å². The lowest BCUT2D eigenvalue weighted by atomic mass is 10.00. The van der Waals surface area contributed by atoms with Crippen molar-refractivity contribution < 1.29 is 13.6 Å². The number of carbonyl (C=O) groups is 1. The highest BCUT2D eigenvalue weighted by Gasteiger charge is 2.20. The summed E-state index contributed by atoms with van der Waals surface area (Å²) < 4.78 is 27.3. The molecule has 0 saturated carbocycles. The minimum atomic E-state index is -0.699. The van der Waals surface area contributed by atoms with Gasteiger partial charge in [0.2, 0.25) is 5.91 Å². The second kappa shape index (κ2) is 8.08. The predicted molar refractivity (Wildman–Crippen MR) is 79.6 cm³/mol. The van der Waals surface area contributed by atoms with E-state index in [0.29, 0.717) is 6.42 Å². The molecule has 0 aliphatic rings. The molecule has 0 aromatic heterocycles. The Morgan fingerprint density at radius 1 is 1.19 bits per heavy atom. The molecule has 118 valence electrons. The van der Waals surface area contributed by atoms with E-state index in [-0.39, 0.29) is 23.4 Å². The van der Waals surface area contributed by atoms with Crippen LogP contribution in [0.2, 0.25) is 0 Å². The first kappa shape index (κ1) is 17.6. The van der Waals surface area contributed by atoms with Gasteiger partial charge in [-0.15, -0.1) is 0 Å². The van der Waals surface area contributed by atoms with Crippen LogP contribution in [0, 0.1) is 17.6 Å². The number of amides is 1. The molecule has 1 aromatic rings. The highest BCUT2D eigenvalue weighted by Crippen LogP contribution is 2.21. The summed E-state index contributed by atoms with van der Waals surface area (Å²) in [6, 6.07) is 3.10. The van der Waals surface area contributed by atoms with Crippen molar-refractivity contribution in [3.05, 3.63) is 35.4 Å². The molecular weight excluding hydrogens is 274 g/mol. The van der Waals surface area contributed by atoms with Crippen LogP contribution in [0.4, 0.5) is 8.78 Å². The average Bonchev–Trinajstić information content (AvgIpc) is 2.37. The summed E-state index contributed by atoms with van der Waals surface area (Å²) in [6.45, 7) is 5.31. The summed E-state index contributed by atoms with van der Waals surface area (Å²) in [6.07, 6.45) is 2.42. The van der Waals surface area contributed by atoms with Gasteiger partial charge in [0, 0.05) is 17.5 Å². The molecule has 0 radical (unpaired) electrons. The zero-order chi connectivity index (χ0) is 16.0. The zero-order valence-corrected chi connectivity index (χ0v) is 12.8. The van der Waals surface area contributed by atoms with Crippen LogP contribution in [0.5, 0.6) is 0 Å². The standard InChI is InChI=1S/C16H24F2N2O/c1-10(6-4-7-11(2)19)16(21)20-12(3)15-13(17)8-5-9-14(15)18/h5,8-12H,4,6-7,19H2,1-3H3,(H,20,21). The topological polar surface area (TPSA) is 55.1 Å². The van der Waals surface area contributed by atoms with Crippen molar-refractivity contribution in [2.75, 3.05) is 0 Å². The van der Waals surface area contributed by atoms with E-state index in [2.05, 4.69) is 5.32 Å². The van der Waals surface area contributed by atoms with E-state index in [0.717, 1.165) is 12.8 Å². The van der Waals surface area contributed by atoms with Crippen LogP contribution in [0.3, 0.4) is 0 Å². The number of carbonyl (C=O) groups excluding carboxylic acids is 1. The number of nitrogens with one attached hydrogen (secondary N) is 1. The Labute approximate surface area is 124 Å². The summed E-state index contributed by atoms with van der Waals surface area (Å²) in [5.74, 6) is -1.70. The molecule has 0 aliphatic carbocycles. The number of rotatable bonds is 7. The largest absolute Gasteiger partial charge is 0.349 e. The van der Waals surface area contributed by atoms with Gasteiger partial charge in [0.15, 0.2) is 0 Å². The lowest BCUT2D eigenvalue weighted by Gasteiger charge is -2.19. The second-order valence-corrected chi connectivity index (χ2v) is 5.67. The SMILES string of the molecule is CC(N)CCCC(C)C(=O)NC(C)c1c(F)cccc1F. The Kier molecular flexibility index (Phi) is 6.75. The van der Waals surface area contributed by atoms with Crippen LogP contribution in [0.25, 0.3) is 0 Å². The molecule has 1 amide bonds. The van der Waals surface area contributed by atoms with Gasteiger partial charge in [0.1, 0.15) is 11.6 Å². The summed E-state index contributed by atoms with van der Waals surface area (Å²) >= 11 is 0. The van der Waals surface area contributed by atoms with Crippen molar-refractivity contribution in [1.29, 1.82) is 0 Å². The molecule has 3 unspecified atom stereocenters. The molecule has 0 saturated heterocycles. The fourth-order valence-electron chi connectivity index (χ4n) is 2.23. The summed E-state index contributed by atoms with van der Waals surface area (Å²) in [5.41, 5.74) is 5.56. The first-order valence-corrected chi connectivity index (χ1v) is 7.32. The van der Waals surface area contributed by atoms with Crippen LogP contribution in [0.15, 0.2) is 18.2 Å². The Morgan fingerprint density at radius 2 is 1.76 bits per heavy atom. The summed E-state index contributed by atoms with van der Waals surface area (Å²) in [5, 5.41) is 2.67. The highest BCUT2D eigenvalue weighted by molar-refractivity contribution is 5.78. The van der Waals surface area contributed by atoms with Gasteiger partial charge in [-0.1, -0.05) is 19.4 Å². The van der Waals surface area contributed by atoms with Crippen molar-refractivity contribution in [2.45, 2.75) is 52.1 Å². The third-order valence-electron chi connectivity index (χ3n) is 3.54. The van der Waals surface area contributed by atoms with E-state index < -0.39 is 17.7 Å². The maximum atomic E-state index is 13.6. The first-order chi connectivity index (χ1) is 9.82. The molecule has 3 nitrogen and oxygen atoms in total. The number of benzene rings is 1. The molecule has 21 heavy (non-hydrogen) atoms. The van der Waals surface area contributed by atoms with Gasteiger partial charge in [0.25, 0.3) is 0 Å². The number of halogens is 2. The van der Waals surface area contributed by atoms with Crippen LogP contribution in [-0.4, -0.2) is 11.9 Å². The van der Waals surface area contributed by atoms with Crippen LogP contribution >= 0.6 is 0 Å². The van der Waals surface area contributed by atoms with Crippen molar-refractivity contribution in [2.24, 2.45) is 11.7 Å². The minimum Gasteiger partial charge on any atom is -0.349 e. The fraction of sp³-hybridized carbons (Fsp3) is 0.562. The molecule has 1 rings (SSSR count). The molecule has 3 N–H and O–H groups in total. The third kappa shape index (κ3) is 5.42. The monoisotopic (exact) mass is 298 g/mol. The van der Waals surface area contributed by atoms with Crippen molar-refractivity contribution in [1.82, 2.24) is 5.32 Å².